The Morgan fingerprint density at radius 3 is 2.44 bits per heavy atom. The second-order valence-electron chi connectivity index (χ2n) is 4.37. The van der Waals surface area contributed by atoms with Crippen LogP contribution in [0.1, 0.15) is 51.0 Å². The maximum Gasteiger partial charge on any atom is 0.146 e. The summed E-state index contributed by atoms with van der Waals surface area (Å²) in [6, 6.07) is 5.13. The second-order valence-corrected chi connectivity index (χ2v) is 4.37. The molecule has 0 unspecified atom stereocenters. The highest BCUT2D eigenvalue weighted by Crippen LogP contribution is 2.15. The molecule has 0 saturated carbocycles. The molecule has 90 valence electrons. The minimum atomic E-state index is -0.288. The van der Waals surface area contributed by atoms with Crippen LogP contribution >= 0.6 is 0 Å². The number of anilines is 1. The quantitative estimate of drug-likeness (QED) is 0.541. The molecular formula is C14H22FN. The van der Waals surface area contributed by atoms with E-state index in [1.165, 1.54) is 32.1 Å². The summed E-state index contributed by atoms with van der Waals surface area (Å²) in [7, 11) is 0. The second kappa shape index (κ2) is 7.26. The molecule has 1 aromatic rings. The average molecular weight is 223 g/mol. The van der Waals surface area contributed by atoms with Gasteiger partial charge in [-0.05, 0) is 30.5 Å². The van der Waals surface area contributed by atoms with E-state index in [-0.39, 0.29) is 11.5 Å². The van der Waals surface area contributed by atoms with Gasteiger partial charge in [0, 0.05) is 0 Å². The summed E-state index contributed by atoms with van der Waals surface area (Å²) in [6.45, 7) is 2.22. The Balaban J connectivity index is 2.19. The van der Waals surface area contributed by atoms with Crippen molar-refractivity contribution < 1.29 is 4.39 Å². The molecule has 2 heteroatoms. The van der Waals surface area contributed by atoms with Gasteiger partial charge in [-0.15, -0.1) is 0 Å². The van der Waals surface area contributed by atoms with Crippen molar-refractivity contribution in [2.24, 2.45) is 0 Å². The molecule has 0 spiro atoms. The van der Waals surface area contributed by atoms with E-state index in [0.29, 0.717) is 0 Å². The van der Waals surface area contributed by atoms with Gasteiger partial charge in [0.05, 0.1) is 5.69 Å². The van der Waals surface area contributed by atoms with Gasteiger partial charge in [-0.2, -0.15) is 0 Å². The zero-order chi connectivity index (χ0) is 11.8. The topological polar surface area (TPSA) is 26.0 Å². The Labute approximate surface area is 97.9 Å². The van der Waals surface area contributed by atoms with Crippen LogP contribution in [0.5, 0.6) is 0 Å². The number of benzene rings is 1. The fraction of sp³-hybridized carbons (Fsp3) is 0.571. The molecule has 1 aromatic carbocycles. The van der Waals surface area contributed by atoms with Crippen LogP contribution in [0.3, 0.4) is 0 Å². The maximum absolute atomic E-state index is 13.1. The molecule has 0 amide bonds. The van der Waals surface area contributed by atoms with Crippen LogP contribution in [0.25, 0.3) is 0 Å². The first-order chi connectivity index (χ1) is 7.74. The molecule has 0 radical (unpaired) electrons. The highest BCUT2D eigenvalue weighted by atomic mass is 19.1. The van der Waals surface area contributed by atoms with E-state index in [4.69, 9.17) is 5.73 Å². The molecule has 2 N–H and O–H groups in total. The predicted molar refractivity (Wildman–Crippen MR) is 67.9 cm³/mol. The van der Waals surface area contributed by atoms with Crippen LogP contribution in [-0.2, 0) is 6.42 Å². The van der Waals surface area contributed by atoms with Crippen molar-refractivity contribution in [2.75, 3.05) is 5.73 Å². The lowest BCUT2D eigenvalue weighted by molar-refractivity contribution is 0.603. The molecule has 0 aromatic heterocycles. The molecule has 0 aliphatic rings. The molecule has 1 rings (SSSR count). The lowest BCUT2D eigenvalue weighted by Crippen LogP contribution is -1.93. The third-order valence-corrected chi connectivity index (χ3v) is 2.88. The van der Waals surface area contributed by atoms with Crippen LogP contribution in [0, 0.1) is 5.82 Å². The van der Waals surface area contributed by atoms with E-state index in [1.54, 1.807) is 12.1 Å². The fourth-order valence-corrected chi connectivity index (χ4v) is 1.84. The maximum atomic E-state index is 13.1. The van der Waals surface area contributed by atoms with E-state index in [1.807, 2.05) is 6.07 Å². The first-order valence-electron chi connectivity index (χ1n) is 6.28. The van der Waals surface area contributed by atoms with Crippen LogP contribution in [-0.4, -0.2) is 0 Å². The van der Waals surface area contributed by atoms with Crippen LogP contribution in [0.2, 0.25) is 0 Å². The van der Waals surface area contributed by atoms with E-state index in [9.17, 15) is 4.39 Å². The molecule has 0 heterocycles. The van der Waals surface area contributed by atoms with Crippen molar-refractivity contribution in [2.45, 2.75) is 51.9 Å². The van der Waals surface area contributed by atoms with Crippen molar-refractivity contribution in [3.05, 3.63) is 29.6 Å². The Hall–Kier alpha value is -1.05. The highest BCUT2D eigenvalue weighted by molar-refractivity contribution is 5.41. The van der Waals surface area contributed by atoms with Gasteiger partial charge in [-0.3, -0.25) is 0 Å². The van der Waals surface area contributed by atoms with Gasteiger partial charge in [0.15, 0.2) is 0 Å². The standard InChI is InChI=1S/C14H22FN/c1-2-3-4-5-6-7-8-12-9-10-14(16)13(15)11-12/h9-11H,2-8,16H2,1H3. The summed E-state index contributed by atoms with van der Waals surface area (Å²) >= 11 is 0. The molecule has 0 saturated heterocycles. The summed E-state index contributed by atoms with van der Waals surface area (Å²) in [5.74, 6) is -0.288. The number of hydrogen-bond acceptors (Lipinski definition) is 1. The normalized spacial score (nSPS) is 10.6. The molecule has 1 nitrogen and oxygen atoms in total. The molecule has 16 heavy (non-hydrogen) atoms. The molecular weight excluding hydrogens is 201 g/mol. The minimum Gasteiger partial charge on any atom is -0.396 e. The molecule has 0 aliphatic carbocycles. The van der Waals surface area contributed by atoms with Crippen LogP contribution in [0.15, 0.2) is 18.2 Å². The molecule has 0 atom stereocenters. The monoisotopic (exact) mass is 223 g/mol. The zero-order valence-corrected chi connectivity index (χ0v) is 10.1. The van der Waals surface area contributed by atoms with Crippen molar-refractivity contribution in [3.63, 3.8) is 0 Å². The van der Waals surface area contributed by atoms with E-state index in [0.717, 1.165) is 18.4 Å². The van der Waals surface area contributed by atoms with Gasteiger partial charge < -0.3 is 5.73 Å². The molecule has 0 fully saturated rings. The van der Waals surface area contributed by atoms with E-state index < -0.39 is 0 Å². The number of unbranched alkanes of at least 4 members (excludes halogenated alkanes) is 5. The minimum absolute atomic E-state index is 0.242. The summed E-state index contributed by atoms with van der Waals surface area (Å²) in [5, 5.41) is 0. The largest absolute Gasteiger partial charge is 0.396 e. The molecule has 0 aliphatic heterocycles. The number of rotatable bonds is 7. The first kappa shape index (κ1) is 13.0. The zero-order valence-electron chi connectivity index (χ0n) is 10.1. The number of nitrogen functional groups attached to an aromatic ring is 1. The van der Waals surface area contributed by atoms with E-state index in [2.05, 4.69) is 6.92 Å². The van der Waals surface area contributed by atoms with Crippen molar-refractivity contribution in [1.29, 1.82) is 0 Å². The number of hydrogen-bond donors (Lipinski definition) is 1. The third-order valence-electron chi connectivity index (χ3n) is 2.88. The first-order valence-corrected chi connectivity index (χ1v) is 6.28. The van der Waals surface area contributed by atoms with Gasteiger partial charge in [-0.1, -0.05) is 45.1 Å². The summed E-state index contributed by atoms with van der Waals surface area (Å²) in [6.07, 6.45) is 8.58. The SMILES string of the molecule is CCCCCCCCc1ccc(N)c(F)c1. The lowest BCUT2D eigenvalue weighted by atomic mass is 10.0. The Bertz CT molecular complexity index is 310. The van der Waals surface area contributed by atoms with E-state index >= 15 is 0 Å². The Kier molecular flexibility index (Phi) is 5.91. The van der Waals surface area contributed by atoms with Gasteiger partial charge in [0.2, 0.25) is 0 Å². The summed E-state index contributed by atoms with van der Waals surface area (Å²) < 4.78 is 13.1. The number of nitrogens with two attached hydrogens (primary N) is 1. The van der Waals surface area contributed by atoms with Crippen LogP contribution < -0.4 is 5.73 Å². The predicted octanol–water partition coefficient (Wildman–Crippen LogP) is 4.31. The highest BCUT2D eigenvalue weighted by Gasteiger charge is 1.99. The van der Waals surface area contributed by atoms with Gasteiger partial charge in [0.1, 0.15) is 5.82 Å². The van der Waals surface area contributed by atoms with Gasteiger partial charge >= 0.3 is 0 Å². The summed E-state index contributed by atoms with van der Waals surface area (Å²) in [4.78, 5) is 0. The van der Waals surface area contributed by atoms with Crippen molar-refractivity contribution >= 4 is 5.69 Å². The third kappa shape index (κ3) is 4.65. The van der Waals surface area contributed by atoms with Crippen molar-refractivity contribution in [1.82, 2.24) is 0 Å². The lowest BCUT2D eigenvalue weighted by Gasteiger charge is -2.03. The smallest absolute Gasteiger partial charge is 0.146 e. The van der Waals surface area contributed by atoms with Gasteiger partial charge in [0.25, 0.3) is 0 Å². The van der Waals surface area contributed by atoms with Crippen LogP contribution in [0.4, 0.5) is 10.1 Å². The van der Waals surface area contributed by atoms with Crippen molar-refractivity contribution in [3.8, 4) is 0 Å². The van der Waals surface area contributed by atoms with Gasteiger partial charge in [-0.25, -0.2) is 4.39 Å². The average Bonchev–Trinajstić information content (AvgIpc) is 2.28. The summed E-state index contributed by atoms with van der Waals surface area (Å²) in [5.41, 5.74) is 6.72. The fourth-order valence-electron chi connectivity index (χ4n) is 1.84. The molecule has 0 bridgehead atoms. The number of halogens is 1. The Morgan fingerprint density at radius 1 is 1.06 bits per heavy atom. The Morgan fingerprint density at radius 2 is 1.75 bits per heavy atom. The number of aryl methyl sites for hydroxylation is 1.